The highest BCUT2D eigenvalue weighted by atomic mass is 35.5. The van der Waals surface area contributed by atoms with E-state index in [-0.39, 0.29) is 21.3 Å². The lowest BCUT2D eigenvalue weighted by atomic mass is 9.96. The Labute approximate surface area is 128 Å². The van der Waals surface area contributed by atoms with E-state index in [0.717, 1.165) is 25.7 Å². The fourth-order valence-electron chi connectivity index (χ4n) is 2.17. The molecule has 0 heterocycles. The molecule has 1 aromatic rings. The molecule has 0 saturated heterocycles. The summed E-state index contributed by atoms with van der Waals surface area (Å²) < 4.78 is 27.2. The molecule has 106 valence electrons. The standard InChI is InChI=1S/C12H14Cl3NO2S/c13-8-5-6-12(10(15)7-8)19(17,18)16-11-4-2-1-3-9(11)14/h5-7,9,11,16H,1-4H2/t9-,11-/m1/s1. The van der Waals surface area contributed by atoms with Crippen molar-refractivity contribution in [3.8, 4) is 0 Å². The van der Waals surface area contributed by atoms with Gasteiger partial charge in [-0.15, -0.1) is 11.6 Å². The van der Waals surface area contributed by atoms with Gasteiger partial charge in [0.2, 0.25) is 10.0 Å². The van der Waals surface area contributed by atoms with Crippen molar-refractivity contribution in [2.24, 2.45) is 0 Å². The first kappa shape index (κ1) is 15.4. The SMILES string of the molecule is O=S(=O)(N[C@@H]1CCCC[C@H]1Cl)c1ccc(Cl)cc1Cl. The Hall–Kier alpha value is -0.000000000000000111. The molecule has 19 heavy (non-hydrogen) atoms. The number of alkyl halides is 1. The van der Waals surface area contributed by atoms with Crippen LogP contribution in [0.3, 0.4) is 0 Å². The first-order valence-electron chi connectivity index (χ1n) is 6.01. The van der Waals surface area contributed by atoms with Gasteiger partial charge in [0.05, 0.1) is 5.02 Å². The van der Waals surface area contributed by atoms with E-state index in [1.165, 1.54) is 18.2 Å². The fourth-order valence-corrected chi connectivity index (χ4v) is 4.68. The fraction of sp³-hybridized carbons (Fsp3) is 0.500. The average molecular weight is 343 g/mol. The van der Waals surface area contributed by atoms with Crippen LogP contribution in [0.1, 0.15) is 25.7 Å². The third-order valence-electron chi connectivity index (χ3n) is 3.17. The van der Waals surface area contributed by atoms with Crippen molar-refractivity contribution >= 4 is 44.8 Å². The third kappa shape index (κ3) is 3.76. The molecule has 3 nitrogen and oxygen atoms in total. The molecule has 1 fully saturated rings. The molecule has 0 unspecified atom stereocenters. The summed E-state index contributed by atoms with van der Waals surface area (Å²) in [6, 6.07) is 4.07. The summed E-state index contributed by atoms with van der Waals surface area (Å²) >= 11 is 17.9. The Kier molecular flexibility index (Phi) is 5.01. The van der Waals surface area contributed by atoms with E-state index in [9.17, 15) is 8.42 Å². The highest BCUT2D eigenvalue weighted by molar-refractivity contribution is 7.89. The Morgan fingerprint density at radius 3 is 2.47 bits per heavy atom. The number of sulfonamides is 1. The van der Waals surface area contributed by atoms with E-state index in [0.29, 0.717) is 5.02 Å². The van der Waals surface area contributed by atoms with Crippen LogP contribution in [0.25, 0.3) is 0 Å². The zero-order valence-corrected chi connectivity index (χ0v) is 13.2. The molecule has 1 aliphatic carbocycles. The van der Waals surface area contributed by atoms with Crippen LogP contribution in [0.2, 0.25) is 10.0 Å². The van der Waals surface area contributed by atoms with Crippen LogP contribution in [0.4, 0.5) is 0 Å². The van der Waals surface area contributed by atoms with E-state index < -0.39 is 10.0 Å². The van der Waals surface area contributed by atoms with Gasteiger partial charge >= 0.3 is 0 Å². The first-order chi connectivity index (χ1) is 8.90. The number of rotatable bonds is 3. The predicted octanol–water partition coefficient (Wildman–Crippen LogP) is 3.82. The van der Waals surface area contributed by atoms with Crippen LogP contribution >= 0.6 is 34.8 Å². The molecule has 7 heteroatoms. The minimum Gasteiger partial charge on any atom is -0.207 e. The molecule has 2 rings (SSSR count). The zero-order chi connectivity index (χ0) is 14.0. The van der Waals surface area contributed by atoms with Gasteiger partial charge in [0.1, 0.15) is 4.90 Å². The van der Waals surface area contributed by atoms with Crippen LogP contribution in [0.15, 0.2) is 23.1 Å². The van der Waals surface area contributed by atoms with Gasteiger partial charge in [0.25, 0.3) is 0 Å². The summed E-state index contributed by atoms with van der Waals surface area (Å²) in [6.07, 6.45) is 3.58. The number of nitrogens with one attached hydrogen (secondary N) is 1. The van der Waals surface area contributed by atoms with Crippen molar-refractivity contribution in [2.75, 3.05) is 0 Å². The van der Waals surface area contributed by atoms with Gasteiger partial charge in [-0.2, -0.15) is 0 Å². The van der Waals surface area contributed by atoms with Crippen molar-refractivity contribution in [1.82, 2.24) is 4.72 Å². The second kappa shape index (κ2) is 6.19. The molecule has 1 aromatic carbocycles. The molecule has 2 atom stereocenters. The van der Waals surface area contributed by atoms with Crippen LogP contribution in [0, 0.1) is 0 Å². The molecule has 0 aromatic heterocycles. The minimum atomic E-state index is -3.67. The van der Waals surface area contributed by atoms with Crippen LogP contribution in [-0.4, -0.2) is 19.8 Å². The highest BCUT2D eigenvalue weighted by Gasteiger charge is 2.29. The minimum absolute atomic E-state index is 0.0352. The lowest BCUT2D eigenvalue weighted by Crippen LogP contribution is -2.42. The van der Waals surface area contributed by atoms with E-state index in [2.05, 4.69) is 4.72 Å². The summed E-state index contributed by atoms with van der Waals surface area (Å²) in [4.78, 5) is 0.0352. The lowest BCUT2D eigenvalue weighted by molar-refractivity contribution is 0.418. The van der Waals surface area contributed by atoms with Crippen molar-refractivity contribution in [3.63, 3.8) is 0 Å². The summed E-state index contributed by atoms with van der Waals surface area (Å²) in [7, 11) is -3.67. The lowest BCUT2D eigenvalue weighted by Gasteiger charge is -2.27. The molecule has 0 aliphatic heterocycles. The predicted molar refractivity (Wildman–Crippen MR) is 78.7 cm³/mol. The second-order valence-electron chi connectivity index (χ2n) is 4.60. The highest BCUT2D eigenvalue weighted by Crippen LogP contribution is 2.28. The molecule has 1 N–H and O–H groups in total. The summed E-state index contributed by atoms with van der Waals surface area (Å²) in [5.41, 5.74) is 0. The number of benzene rings is 1. The van der Waals surface area contributed by atoms with Gasteiger partial charge in [-0.25, -0.2) is 13.1 Å². The van der Waals surface area contributed by atoms with Crippen molar-refractivity contribution in [1.29, 1.82) is 0 Å². The number of halogens is 3. The number of hydrogen-bond acceptors (Lipinski definition) is 2. The topological polar surface area (TPSA) is 46.2 Å². The molecule has 0 bridgehead atoms. The Bertz CT molecular complexity index is 562. The van der Waals surface area contributed by atoms with E-state index in [1.54, 1.807) is 0 Å². The molecular weight excluding hydrogens is 329 g/mol. The summed E-state index contributed by atoms with van der Waals surface area (Å²) in [5, 5.41) is 0.341. The monoisotopic (exact) mass is 341 g/mol. The van der Waals surface area contributed by atoms with Crippen LogP contribution in [-0.2, 0) is 10.0 Å². The van der Waals surface area contributed by atoms with Gasteiger partial charge in [-0.1, -0.05) is 36.0 Å². The summed E-state index contributed by atoms with van der Waals surface area (Å²) in [6.45, 7) is 0. The van der Waals surface area contributed by atoms with Gasteiger partial charge in [0.15, 0.2) is 0 Å². The first-order valence-corrected chi connectivity index (χ1v) is 8.69. The number of hydrogen-bond donors (Lipinski definition) is 1. The van der Waals surface area contributed by atoms with E-state index in [4.69, 9.17) is 34.8 Å². The molecule has 1 saturated carbocycles. The Balaban J connectivity index is 2.22. The third-order valence-corrected chi connectivity index (χ3v) is 5.90. The molecular formula is C12H14Cl3NO2S. The molecule has 1 aliphatic rings. The van der Waals surface area contributed by atoms with Gasteiger partial charge < -0.3 is 0 Å². The molecule has 0 radical (unpaired) electrons. The Morgan fingerprint density at radius 2 is 1.84 bits per heavy atom. The molecule has 0 amide bonds. The largest absolute Gasteiger partial charge is 0.242 e. The van der Waals surface area contributed by atoms with Gasteiger partial charge in [-0.3, -0.25) is 0 Å². The maximum Gasteiger partial charge on any atom is 0.242 e. The zero-order valence-electron chi connectivity index (χ0n) is 10.1. The van der Waals surface area contributed by atoms with E-state index >= 15 is 0 Å². The second-order valence-corrected chi connectivity index (χ2v) is 7.69. The van der Waals surface area contributed by atoms with Crippen molar-refractivity contribution in [2.45, 2.75) is 42.0 Å². The van der Waals surface area contributed by atoms with Crippen molar-refractivity contribution in [3.05, 3.63) is 28.2 Å². The Morgan fingerprint density at radius 1 is 1.16 bits per heavy atom. The molecule has 0 spiro atoms. The average Bonchev–Trinajstić information content (AvgIpc) is 2.31. The maximum absolute atomic E-state index is 12.3. The van der Waals surface area contributed by atoms with Crippen LogP contribution < -0.4 is 4.72 Å². The van der Waals surface area contributed by atoms with Gasteiger partial charge in [0, 0.05) is 16.4 Å². The normalized spacial score (nSPS) is 24.4. The quantitative estimate of drug-likeness (QED) is 0.849. The van der Waals surface area contributed by atoms with E-state index in [1.807, 2.05) is 0 Å². The maximum atomic E-state index is 12.3. The smallest absolute Gasteiger partial charge is 0.207 e. The summed E-state index contributed by atoms with van der Waals surface area (Å²) in [5.74, 6) is 0. The van der Waals surface area contributed by atoms with Gasteiger partial charge in [-0.05, 0) is 31.0 Å². The van der Waals surface area contributed by atoms with Crippen molar-refractivity contribution < 1.29 is 8.42 Å². The van der Waals surface area contributed by atoms with Crippen LogP contribution in [0.5, 0.6) is 0 Å².